The number of aromatic nitrogens is 4. The molecule has 2 aromatic heterocycles. The van der Waals surface area contributed by atoms with Crippen molar-refractivity contribution in [3.8, 4) is 5.69 Å². The third kappa shape index (κ3) is 4.40. The second-order valence-corrected chi connectivity index (χ2v) is 6.88. The van der Waals surface area contributed by atoms with Gasteiger partial charge in [0.15, 0.2) is 5.16 Å². The molecule has 0 aliphatic rings. The molecule has 0 fully saturated rings. The van der Waals surface area contributed by atoms with Crippen molar-refractivity contribution in [2.24, 2.45) is 0 Å². The highest BCUT2D eigenvalue weighted by atomic mass is 35.5. The zero-order valence-corrected chi connectivity index (χ0v) is 15.2. The minimum Gasteiger partial charge on any atom is -0.408 e. The van der Waals surface area contributed by atoms with Gasteiger partial charge in [-0.25, -0.2) is 4.98 Å². The summed E-state index contributed by atoms with van der Waals surface area (Å²) >= 11 is 7.33. The molecule has 1 aromatic carbocycles. The van der Waals surface area contributed by atoms with Crippen molar-refractivity contribution in [1.29, 1.82) is 0 Å². The fraction of sp³-hybridized carbons (Fsp3) is 0.250. The Morgan fingerprint density at radius 3 is 2.96 bits per heavy atom. The lowest BCUT2D eigenvalue weighted by molar-refractivity contribution is -0.113. The van der Waals surface area contributed by atoms with Gasteiger partial charge >= 0.3 is 6.01 Å². The third-order valence-electron chi connectivity index (χ3n) is 3.21. The lowest BCUT2D eigenvalue weighted by Gasteiger charge is -2.07. The molecule has 2 heterocycles. The summed E-state index contributed by atoms with van der Waals surface area (Å²) in [6.45, 7) is 3.87. The number of hydrogen-bond acceptors (Lipinski definition) is 6. The summed E-state index contributed by atoms with van der Waals surface area (Å²) in [5.41, 5.74) is 0.881. The summed E-state index contributed by atoms with van der Waals surface area (Å²) in [7, 11) is 0. The molecule has 130 valence electrons. The largest absolute Gasteiger partial charge is 0.408 e. The fourth-order valence-corrected chi connectivity index (χ4v) is 2.98. The van der Waals surface area contributed by atoms with Crippen LogP contribution in [0.5, 0.6) is 0 Å². The molecule has 0 spiro atoms. The first-order chi connectivity index (χ1) is 12.0. The van der Waals surface area contributed by atoms with E-state index in [0.717, 1.165) is 5.69 Å². The van der Waals surface area contributed by atoms with E-state index in [-0.39, 0.29) is 23.6 Å². The SMILES string of the molecule is CC(C)c1nnc(NC(=O)CSc2nccn2-c2cccc(Cl)c2)o1. The molecule has 0 atom stereocenters. The molecule has 0 bridgehead atoms. The Bertz CT molecular complexity index is 877. The molecule has 1 N–H and O–H groups in total. The number of benzene rings is 1. The van der Waals surface area contributed by atoms with Gasteiger partial charge in [0.25, 0.3) is 0 Å². The van der Waals surface area contributed by atoms with Crippen molar-refractivity contribution in [2.45, 2.75) is 24.9 Å². The number of imidazole rings is 1. The van der Waals surface area contributed by atoms with Gasteiger partial charge in [-0.2, -0.15) is 0 Å². The van der Waals surface area contributed by atoms with Gasteiger partial charge in [-0.15, -0.1) is 5.10 Å². The number of anilines is 1. The first-order valence-corrected chi connectivity index (χ1v) is 8.94. The molecule has 0 saturated carbocycles. The van der Waals surface area contributed by atoms with E-state index in [1.54, 1.807) is 12.3 Å². The van der Waals surface area contributed by atoms with Crippen LogP contribution in [0.1, 0.15) is 25.7 Å². The number of carbonyl (C=O) groups is 1. The minimum absolute atomic E-state index is 0.104. The Morgan fingerprint density at radius 1 is 1.40 bits per heavy atom. The van der Waals surface area contributed by atoms with E-state index in [1.807, 2.05) is 42.8 Å². The Labute approximate surface area is 153 Å². The van der Waals surface area contributed by atoms with Gasteiger partial charge in [-0.05, 0) is 18.2 Å². The molecule has 3 aromatic rings. The van der Waals surface area contributed by atoms with Crippen LogP contribution < -0.4 is 5.32 Å². The molecular weight excluding hydrogens is 362 g/mol. The van der Waals surface area contributed by atoms with Gasteiger partial charge in [-0.1, -0.05) is 48.4 Å². The second kappa shape index (κ2) is 7.71. The van der Waals surface area contributed by atoms with E-state index in [4.69, 9.17) is 16.0 Å². The summed E-state index contributed by atoms with van der Waals surface area (Å²) in [5, 5.41) is 11.6. The highest BCUT2D eigenvalue weighted by molar-refractivity contribution is 7.99. The van der Waals surface area contributed by atoms with E-state index in [1.165, 1.54) is 11.8 Å². The predicted octanol–water partition coefficient (Wildman–Crippen LogP) is 3.76. The van der Waals surface area contributed by atoms with Crippen LogP contribution in [0.3, 0.4) is 0 Å². The van der Waals surface area contributed by atoms with Crippen LogP contribution >= 0.6 is 23.4 Å². The Hall–Kier alpha value is -2.32. The predicted molar refractivity (Wildman–Crippen MR) is 96.3 cm³/mol. The van der Waals surface area contributed by atoms with Crippen LogP contribution in [0, 0.1) is 0 Å². The number of nitrogens with zero attached hydrogens (tertiary/aromatic N) is 4. The summed E-state index contributed by atoms with van der Waals surface area (Å²) in [6, 6.07) is 7.52. The van der Waals surface area contributed by atoms with E-state index in [0.29, 0.717) is 16.1 Å². The Kier molecular flexibility index (Phi) is 5.40. The number of thioether (sulfide) groups is 1. The summed E-state index contributed by atoms with van der Waals surface area (Å²) < 4.78 is 7.23. The topological polar surface area (TPSA) is 85.8 Å². The van der Waals surface area contributed by atoms with Crippen LogP contribution in [-0.2, 0) is 4.79 Å². The minimum atomic E-state index is -0.246. The number of rotatable bonds is 6. The highest BCUT2D eigenvalue weighted by Crippen LogP contribution is 2.22. The van der Waals surface area contributed by atoms with Crippen molar-refractivity contribution in [1.82, 2.24) is 19.7 Å². The molecule has 0 radical (unpaired) electrons. The number of halogens is 1. The van der Waals surface area contributed by atoms with E-state index in [9.17, 15) is 4.79 Å². The standard InChI is InChI=1S/C16H16ClN5O2S/c1-10(2)14-20-21-15(24-14)19-13(23)9-25-16-18-6-7-22(16)12-5-3-4-11(17)8-12/h3-8,10H,9H2,1-2H3,(H,19,21,23). The van der Waals surface area contributed by atoms with E-state index < -0.39 is 0 Å². The summed E-state index contributed by atoms with van der Waals surface area (Å²) in [6.07, 6.45) is 3.49. The van der Waals surface area contributed by atoms with E-state index in [2.05, 4.69) is 20.5 Å². The maximum Gasteiger partial charge on any atom is 0.322 e. The average molecular weight is 378 g/mol. The van der Waals surface area contributed by atoms with Crippen LogP contribution in [0.4, 0.5) is 6.01 Å². The highest BCUT2D eigenvalue weighted by Gasteiger charge is 2.14. The van der Waals surface area contributed by atoms with Crippen LogP contribution in [0.25, 0.3) is 5.69 Å². The average Bonchev–Trinajstić information content (AvgIpc) is 3.22. The van der Waals surface area contributed by atoms with Gasteiger partial charge < -0.3 is 4.42 Å². The van der Waals surface area contributed by atoms with Gasteiger partial charge in [0, 0.05) is 29.0 Å². The zero-order chi connectivity index (χ0) is 17.8. The first-order valence-electron chi connectivity index (χ1n) is 7.58. The van der Waals surface area contributed by atoms with Gasteiger partial charge in [0.2, 0.25) is 11.8 Å². The Morgan fingerprint density at radius 2 is 2.24 bits per heavy atom. The normalized spacial score (nSPS) is 11.0. The van der Waals surface area contributed by atoms with Crippen LogP contribution in [0.15, 0.2) is 46.2 Å². The molecule has 3 rings (SSSR count). The molecule has 9 heteroatoms. The monoisotopic (exact) mass is 377 g/mol. The quantitative estimate of drug-likeness (QED) is 0.658. The molecule has 1 amide bonds. The number of nitrogens with one attached hydrogen (secondary N) is 1. The molecule has 0 aliphatic carbocycles. The summed E-state index contributed by atoms with van der Waals surface area (Å²) in [5.74, 6) is 0.513. The van der Waals surface area contributed by atoms with Gasteiger partial charge in [0.1, 0.15) is 0 Å². The fourth-order valence-electron chi connectivity index (χ4n) is 2.02. The van der Waals surface area contributed by atoms with Gasteiger partial charge in [-0.3, -0.25) is 14.7 Å². The zero-order valence-electron chi connectivity index (χ0n) is 13.6. The lowest BCUT2D eigenvalue weighted by Crippen LogP contribution is -2.14. The number of carbonyl (C=O) groups excluding carboxylic acids is 1. The molecular formula is C16H16ClN5O2S. The Balaban J connectivity index is 1.62. The summed E-state index contributed by atoms with van der Waals surface area (Å²) in [4.78, 5) is 16.4. The van der Waals surface area contributed by atoms with Crippen LogP contribution in [-0.4, -0.2) is 31.4 Å². The smallest absolute Gasteiger partial charge is 0.322 e. The maximum atomic E-state index is 12.1. The maximum absolute atomic E-state index is 12.1. The molecule has 0 aliphatic heterocycles. The van der Waals surface area contributed by atoms with Gasteiger partial charge in [0.05, 0.1) is 5.75 Å². The number of hydrogen-bond donors (Lipinski definition) is 1. The molecule has 0 saturated heterocycles. The molecule has 0 unspecified atom stereocenters. The number of amides is 1. The van der Waals surface area contributed by atoms with Crippen molar-refractivity contribution >= 4 is 35.3 Å². The second-order valence-electron chi connectivity index (χ2n) is 5.50. The molecule has 25 heavy (non-hydrogen) atoms. The molecule has 7 nitrogen and oxygen atoms in total. The lowest BCUT2D eigenvalue weighted by atomic mass is 10.2. The van der Waals surface area contributed by atoms with Crippen molar-refractivity contribution < 1.29 is 9.21 Å². The van der Waals surface area contributed by atoms with Crippen LogP contribution in [0.2, 0.25) is 5.02 Å². The van der Waals surface area contributed by atoms with Crippen molar-refractivity contribution in [2.75, 3.05) is 11.1 Å². The van der Waals surface area contributed by atoms with E-state index >= 15 is 0 Å². The van der Waals surface area contributed by atoms with Crippen molar-refractivity contribution in [3.63, 3.8) is 0 Å². The van der Waals surface area contributed by atoms with Crippen molar-refractivity contribution in [3.05, 3.63) is 47.6 Å². The third-order valence-corrected chi connectivity index (χ3v) is 4.41. The first kappa shape index (κ1) is 17.5.